The summed E-state index contributed by atoms with van der Waals surface area (Å²) >= 11 is 0. The number of anilines is 3. The van der Waals surface area contributed by atoms with Crippen LogP contribution in [0.2, 0.25) is 18.6 Å². The van der Waals surface area contributed by atoms with Crippen molar-refractivity contribution in [1.29, 1.82) is 0 Å². The minimum atomic E-state index is -1.86. The van der Waals surface area contributed by atoms with Crippen molar-refractivity contribution in [2.75, 3.05) is 4.90 Å². The number of nitrogens with zero attached hydrogens (tertiary/aromatic N) is 2. The monoisotopic (exact) mass is 602 g/mol. The molecule has 0 N–H and O–H groups in total. The molecule has 4 unspecified atom stereocenters. The molecule has 3 aromatic carbocycles. The number of rotatable bonds is 5. The first-order chi connectivity index (χ1) is 20.5. The van der Waals surface area contributed by atoms with Crippen molar-refractivity contribution in [2.24, 2.45) is 17.8 Å². The second kappa shape index (κ2) is 10.6. The van der Waals surface area contributed by atoms with Gasteiger partial charge in [0.2, 0.25) is 0 Å². The first-order valence-corrected chi connectivity index (χ1v) is 19.9. The van der Waals surface area contributed by atoms with Crippen LogP contribution in [0.25, 0.3) is 5.57 Å². The fourth-order valence-corrected chi connectivity index (χ4v) is 16.9. The average molecular weight is 603 g/mol. The highest BCUT2D eigenvalue weighted by molar-refractivity contribution is 6.76. The number of allylic oxidation sites excluding steroid dienone is 4. The third kappa shape index (κ3) is 5.05. The summed E-state index contributed by atoms with van der Waals surface area (Å²) < 4.78 is 2.96. The van der Waals surface area contributed by atoms with Gasteiger partial charge in [-0.05, 0) is 130 Å². The minimum Gasteiger partial charge on any atom is -0.314 e. The van der Waals surface area contributed by atoms with E-state index in [-0.39, 0.29) is 16.5 Å². The number of hydrogen-bond acceptors (Lipinski definition) is 2. The molecular formula is C41H54N2Si. The van der Waals surface area contributed by atoms with Crippen LogP contribution < -0.4 is 4.90 Å². The Morgan fingerprint density at radius 3 is 1.80 bits per heavy atom. The minimum absolute atomic E-state index is 0.0446. The maximum absolute atomic E-state index is 2.96. The molecule has 0 saturated heterocycles. The summed E-state index contributed by atoms with van der Waals surface area (Å²) in [5, 5.41) is 0. The second-order valence-electron chi connectivity index (χ2n) is 16.8. The highest BCUT2D eigenvalue weighted by atomic mass is 28.3. The Balaban J connectivity index is 1.43. The standard InChI is InChI=1S/C41H54N2Si/c1-28-24-29-25-35-33-23-22-32(42(30-18-14-12-15-19-30)31-20-16-13-17-21-31)26-36(33)41(8,9)37(35)27-34(29)38(28)44(10,11)43(39(2,3)4)40(5,6)7/h12-23,25-29,34,38H,24H2,1-11H3. The molecule has 3 aliphatic rings. The summed E-state index contributed by atoms with van der Waals surface area (Å²) in [6, 6.07) is 28.8. The molecule has 1 saturated carbocycles. The molecule has 4 atom stereocenters. The van der Waals surface area contributed by atoms with Gasteiger partial charge in [0, 0.05) is 33.6 Å². The number of benzene rings is 3. The van der Waals surface area contributed by atoms with Crippen LogP contribution >= 0.6 is 0 Å². The molecule has 0 spiro atoms. The van der Waals surface area contributed by atoms with E-state index >= 15 is 0 Å². The second-order valence-corrected chi connectivity index (χ2v) is 21.3. The van der Waals surface area contributed by atoms with Crippen LogP contribution in [0.4, 0.5) is 17.1 Å². The molecule has 0 aromatic heterocycles. The summed E-state index contributed by atoms with van der Waals surface area (Å²) in [6.45, 7) is 27.4. The van der Waals surface area contributed by atoms with E-state index < -0.39 is 8.24 Å². The van der Waals surface area contributed by atoms with Crippen LogP contribution in [0.5, 0.6) is 0 Å². The van der Waals surface area contributed by atoms with Gasteiger partial charge in [-0.2, -0.15) is 0 Å². The zero-order valence-electron chi connectivity index (χ0n) is 29.1. The fraction of sp³-hybridized carbons (Fsp3) is 0.463. The molecule has 2 nitrogen and oxygen atoms in total. The molecule has 0 bridgehead atoms. The number of hydrogen-bond donors (Lipinski definition) is 0. The maximum Gasteiger partial charge on any atom is 0.127 e. The first kappa shape index (κ1) is 31.1. The van der Waals surface area contributed by atoms with Gasteiger partial charge in [0.05, 0.1) is 0 Å². The smallest absolute Gasteiger partial charge is 0.127 e. The Morgan fingerprint density at radius 2 is 1.27 bits per heavy atom. The highest BCUT2D eigenvalue weighted by Crippen LogP contribution is 2.61. The van der Waals surface area contributed by atoms with E-state index in [1.54, 1.807) is 5.57 Å². The molecule has 1 fully saturated rings. The third-order valence-electron chi connectivity index (χ3n) is 10.9. The molecule has 6 rings (SSSR count). The zero-order chi connectivity index (χ0) is 31.8. The van der Waals surface area contributed by atoms with Gasteiger partial charge in [-0.3, -0.25) is 0 Å². The van der Waals surface area contributed by atoms with Gasteiger partial charge in [0.1, 0.15) is 8.24 Å². The maximum atomic E-state index is 2.96. The lowest BCUT2D eigenvalue weighted by Gasteiger charge is -2.57. The molecule has 3 heteroatoms. The molecule has 232 valence electrons. The van der Waals surface area contributed by atoms with Gasteiger partial charge in [-0.25, -0.2) is 0 Å². The Morgan fingerprint density at radius 1 is 0.727 bits per heavy atom. The Hall–Kier alpha value is -2.88. The lowest BCUT2D eigenvalue weighted by atomic mass is 9.76. The topological polar surface area (TPSA) is 6.48 Å². The van der Waals surface area contributed by atoms with Crippen molar-refractivity contribution in [2.45, 2.75) is 104 Å². The van der Waals surface area contributed by atoms with Crippen LogP contribution in [0, 0.1) is 17.8 Å². The Bertz CT molecular complexity index is 1530. The highest BCUT2D eigenvalue weighted by Gasteiger charge is 2.56. The molecule has 0 aliphatic heterocycles. The summed E-state index contributed by atoms with van der Waals surface area (Å²) in [4.78, 5) is 2.40. The van der Waals surface area contributed by atoms with Gasteiger partial charge in [0.25, 0.3) is 0 Å². The van der Waals surface area contributed by atoms with Crippen LogP contribution in [-0.2, 0) is 5.41 Å². The van der Waals surface area contributed by atoms with E-state index in [1.807, 2.05) is 0 Å². The molecule has 3 aliphatic carbocycles. The lowest BCUT2D eigenvalue weighted by molar-refractivity contribution is 0.121. The number of fused-ring (bicyclic) bond motifs is 4. The van der Waals surface area contributed by atoms with Gasteiger partial charge in [-0.1, -0.05) is 88.5 Å². The van der Waals surface area contributed by atoms with Crippen molar-refractivity contribution in [1.82, 2.24) is 4.57 Å². The molecule has 0 heterocycles. The van der Waals surface area contributed by atoms with Crippen molar-refractivity contribution >= 4 is 30.9 Å². The molecule has 0 amide bonds. The predicted molar refractivity (Wildman–Crippen MR) is 194 cm³/mol. The third-order valence-corrected chi connectivity index (χ3v) is 15.9. The van der Waals surface area contributed by atoms with E-state index in [0.29, 0.717) is 11.8 Å². The fourth-order valence-electron chi connectivity index (χ4n) is 10.4. The van der Waals surface area contributed by atoms with Gasteiger partial charge in [-0.15, -0.1) is 0 Å². The molecule has 3 aromatic rings. The van der Waals surface area contributed by atoms with Crippen molar-refractivity contribution < 1.29 is 0 Å². The summed E-state index contributed by atoms with van der Waals surface area (Å²) in [5.41, 5.74) is 10.5. The first-order valence-electron chi connectivity index (χ1n) is 16.8. The summed E-state index contributed by atoms with van der Waals surface area (Å²) in [5.74, 6) is 1.95. The van der Waals surface area contributed by atoms with Gasteiger partial charge in [0.15, 0.2) is 0 Å². The van der Waals surface area contributed by atoms with E-state index in [0.717, 1.165) is 11.5 Å². The van der Waals surface area contributed by atoms with Crippen molar-refractivity contribution in [3.05, 3.63) is 108 Å². The zero-order valence-corrected chi connectivity index (χ0v) is 30.1. The van der Waals surface area contributed by atoms with Gasteiger partial charge < -0.3 is 9.47 Å². The molecule has 44 heavy (non-hydrogen) atoms. The van der Waals surface area contributed by atoms with Crippen molar-refractivity contribution in [3.63, 3.8) is 0 Å². The van der Waals surface area contributed by atoms with Crippen LogP contribution in [0.3, 0.4) is 0 Å². The predicted octanol–water partition coefficient (Wildman–Crippen LogP) is 11.5. The van der Waals surface area contributed by atoms with Crippen LogP contribution in [0.15, 0.2) is 96.6 Å². The van der Waals surface area contributed by atoms with Crippen LogP contribution in [-0.4, -0.2) is 23.9 Å². The van der Waals surface area contributed by atoms with Crippen LogP contribution in [0.1, 0.15) is 79.9 Å². The van der Waals surface area contributed by atoms with E-state index in [4.69, 9.17) is 0 Å². The van der Waals surface area contributed by atoms with E-state index in [2.05, 4.69) is 176 Å². The normalized spacial score (nSPS) is 24.4. The lowest BCUT2D eigenvalue weighted by Crippen LogP contribution is -2.67. The molecular weight excluding hydrogens is 549 g/mol. The largest absolute Gasteiger partial charge is 0.314 e. The average Bonchev–Trinajstić information content (AvgIpc) is 3.37. The SMILES string of the molecule is CC1CC2C=C3C(=CC2C1[Si](C)(C)N(C(C)(C)C)C(C)(C)C)C(C)(C)c1cc(N(c2ccccc2)c2ccccc2)ccc13. The van der Waals surface area contributed by atoms with E-state index in [1.165, 1.54) is 40.2 Å². The quantitative estimate of drug-likeness (QED) is 0.268. The summed E-state index contributed by atoms with van der Waals surface area (Å²) in [7, 11) is -1.86. The molecule has 0 radical (unpaired) electrons. The van der Waals surface area contributed by atoms with Crippen molar-refractivity contribution in [3.8, 4) is 0 Å². The van der Waals surface area contributed by atoms with E-state index in [9.17, 15) is 0 Å². The van der Waals surface area contributed by atoms with Gasteiger partial charge >= 0.3 is 0 Å². The number of para-hydroxylation sites is 2. The Kier molecular flexibility index (Phi) is 7.49. The Labute approximate surface area is 269 Å². The summed E-state index contributed by atoms with van der Waals surface area (Å²) in [6.07, 6.45) is 6.78.